The van der Waals surface area contributed by atoms with Gasteiger partial charge in [-0.05, 0) is 32.0 Å². The second-order valence-electron chi connectivity index (χ2n) is 3.84. The Bertz CT molecular complexity index is 588. The number of carbonyl (C=O) groups excluding carboxylic acids is 1. The van der Waals surface area contributed by atoms with Crippen LogP contribution < -0.4 is 4.74 Å². The summed E-state index contributed by atoms with van der Waals surface area (Å²) in [7, 11) is 1.38. The maximum atomic E-state index is 13.5. The highest BCUT2D eigenvalue weighted by molar-refractivity contribution is 7.13. The zero-order valence-electron chi connectivity index (χ0n) is 10.3. The highest BCUT2D eigenvalue weighted by Gasteiger charge is 2.16. The van der Waals surface area contributed by atoms with E-state index in [9.17, 15) is 9.18 Å². The summed E-state index contributed by atoms with van der Waals surface area (Å²) in [6, 6.07) is 4.15. The molecule has 2 aromatic rings. The van der Waals surface area contributed by atoms with Crippen LogP contribution in [0.25, 0.3) is 0 Å². The Morgan fingerprint density at radius 3 is 2.61 bits per heavy atom. The molecule has 0 spiro atoms. The van der Waals surface area contributed by atoms with Crippen molar-refractivity contribution >= 4 is 17.1 Å². The van der Waals surface area contributed by atoms with Crippen LogP contribution in [-0.2, 0) is 0 Å². The third kappa shape index (κ3) is 2.26. The van der Waals surface area contributed by atoms with E-state index in [0.29, 0.717) is 5.01 Å². The van der Waals surface area contributed by atoms with Gasteiger partial charge in [0.1, 0.15) is 0 Å². The van der Waals surface area contributed by atoms with E-state index in [2.05, 4.69) is 4.98 Å². The van der Waals surface area contributed by atoms with Crippen LogP contribution in [-0.4, -0.2) is 17.9 Å². The molecule has 94 valence electrons. The molecule has 1 aromatic carbocycles. The number of methoxy groups -OCH3 is 1. The summed E-state index contributed by atoms with van der Waals surface area (Å²) >= 11 is 1.32. The Morgan fingerprint density at radius 2 is 2.11 bits per heavy atom. The number of aromatic nitrogens is 1. The highest BCUT2D eigenvalue weighted by Crippen LogP contribution is 2.23. The second-order valence-corrected chi connectivity index (χ2v) is 5.04. The Balaban J connectivity index is 2.37. The van der Waals surface area contributed by atoms with Gasteiger partial charge < -0.3 is 4.74 Å². The molecular weight excluding hydrogens is 253 g/mol. The first-order valence-electron chi connectivity index (χ1n) is 5.35. The fourth-order valence-electron chi connectivity index (χ4n) is 1.50. The topological polar surface area (TPSA) is 39.2 Å². The van der Waals surface area contributed by atoms with Crippen molar-refractivity contribution in [2.45, 2.75) is 13.8 Å². The lowest BCUT2D eigenvalue weighted by Gasteiger charge is -2.03. The standard InChI is InChI=1S/C13H12FNO2S/c1-7-8(2)18-13(15-7)12(16)9-4-5-11(17-3)10(14)6-9/h4-6H,1-3H3. The Hall–Kier alpha value is -1.75. The van der Waals surface area contributed by atoms with Crippen molar-refractivity contribution in [2.75, 3.05) is 7.11 Å². The predicted molar refractivity (Wildman–Crippen MR) is 68.0 cm³/mol. The van der Waals surface area contributed by atoms with Gasteiger partial charge in [-0.15, -0.1) is 11.3 Å². The van der Waals surface area contributed by atoms with Crippen LogP contribution in [0.5, 0.6) is 5.75 Å². The number of ketones is 1. The van der Waals surface area contributed by atoms with E-state index in [1.54, 1.807) is 0 Å². The fourth-order valence-corrected chi connectivity index (χ4v) is 2.38. The van der Waals surface area contributed by atoms with Gasteiger partial charge in [-0.2, -0.15) is 0 Å². The van der Waals surface area contributed by atoms with Crippen molar-refractivity contribution in [1.29, 1.82) is 0 Å². The van der Waals surface area contributed by atoms with Gasteiger partial charge in [0.15, 0.2) is 16.6 Å². The van der Waals surface area contributed by atoms with Crippen LogP contribution in [0.3, 0.4) is 0 Å². The number of halogens is 1. The number of rotatable bonds is 3. The summed E-state index contributed by atoms with van der Waals surface area (Å²) in [5.41, 5.74) is 1.11. The van der Waals surface area contributed by atoms with E-state index in [-0.39, 0.29) is 17.1 Å². The van der Waals surface area contributed by atoms with Gasteiger partial charge in [0.05, 0.1) is 12.8 Å². The summed E-state index contributed by atoms with van der Waals surface area (Å²) in [4.78, 5) is 17.3. The van der Waals surface area contributed by atoms with Crippen LogP contribution in [0.1, 0.15) is 25.9 Å². The monoisotopic (exact) mass is 265 g/mol. The third-order valence-corrected chi connectivity index (χ3v) is 3.71. The van der Waals surface area contributed by atoms with Crippen molar-refractivity contribution in [3.05, 3.63) is 45.2 Å². The first-order chi connectivity index (χ1) is 8.52. The number of ether oxygens (including phenoxy) is 1. The predicted octanol–water partition coefficient (Wildman–Crippen LogP) is 3.14. The average molecular weight is 265 g/mol. The maximum Gasteiger partial charge on any atom is 0.221 e. The van der Waals surface area contributed by atoms with Gasteiger partial charge in [-0.3, -0.25) is 4.79 Å². The average Bonchev–Trinajstić information content (AvgIpc) is 2.68. The smallest absolute Gasteiger partial charge is 0.221 e. The van der Waals surface area contributed by atoms with E-state index >= 15 is 0 Å². The first-order valence-corrected chi connectivity index (χ1v) is 6.17. The molecule has 1 heterocycles. The van der Waals surface area contributed by atoms with Crippen LogP contribution in [0.2, 0.25) is 0 Å². The molecule has 0 unspecified atom stereocenters. The normalized spacial score (nSPS) is 10.4. The van der Waals surface area contributed by atoms with E-state index in [1.165, 1.54) is 36.6 Å². The summed E-state index contributed by atoms with van der Waals surface area (Å²) in [5.74, 6) is -0.691. The van der Waals surface area contributed by atoms with Gasteiger partial charge >= 0.3 is 0 Å². The van der Waals surface area contributed by atoms with Gasteiger partial charge in [-0.25, -0.2) is 9.37 Å². The Kier molecular flexibility index (Phi) is 3.43. The zero-order chi connectivity index (χ0) is 13.3. The molecule has 0 amide bonds. The Labute approximate surface area is 108 Å². The maximum absolute atomic E-state index is 13.5. The minimum Gasteiger partial charge on any atom is -0.494 e. The molecule has 5 heteroatoms. The van der Waals surface area contributed by atoms with Crippen molar-refractivity contribution in [3.8, 4) is 5.75 Å². The molecule has 0 saturated carbocycles. The van der Waals surface area contributed by atoms with Crippen LogP contribution in [0.4, 0.5) is 4.39 Å². The number of benzene rings is 1. The fraction of sp³-hybridized carbons (Fsp3) is 0.231. The molecule has 0 aliphatic rings. The first kappa shape index (κ1) is 12.7. The second kappa shape index (κ2) is 4.86. The van der Waals surface area contributed by atoms with Crippen molar-refractivity contribution in [2.24, 2.45) is 0 Å². The van der Waals surface area contributed by atoms with Gasteiger partial charge in [0.25, 0.3) is 0 Å². The molecule has 1 aromatic heterocycles. The van der Waals surface area contributed by atoms with Gasteiger partial charge in [0.2, 0.25) is 5.78 Å². The summed E-state index contributed by atoms with van der Waals surface area (Å²) in [5, 5.41) is 0.384. The summed E-state index contributed by atoms with van der Waals surface area (Å²) in [6.07, 6.45) is 0. The lowest BCUT2D eigenvalue weighted by atomic mass is 10.1. The summed E-state index contributed by atoms with van der Waals surface area (Å²) in [6.45, 7) is 3.75. The minimum absolute atomic E-state index is 0.123. The highest BCUT2D eigenvalue weighted by atomic mass is 32.1. The molecule has 0 fully saturated rings. The number of carbonyl (C=O) groups is 1. The molecule has 0 aliphatic carbocycles. The Morgan fingerprint density at radius 1 is 1.39 bits per heavy atom. The number of aryl methyl sites for hydroxylation is 2. The molecule has 18 heavy (non-hydrogen) atoms. The van der Waals surface area contributed by atoms with Crippen LogP contribution in [0, 0.1) is 19.7 Å². The van der Waals surface area contributed by atoms with Crippen molar-refractivity contribution in [1.82, 2.24) is 4.98 Å². The molecular formula is C13H12FNO2S. The van der Waals surface area contributed by atoms with E-state index in [0.717, 1.165) is 10.6 Å². The largest absolute Gasteiger partial charge is 0.494 e. The quantitative estimate of drug-likeness (QED) is 0.800. The molecule has 3 nitrogen and oxygen atoms in total. The number of thiazole rings is 1. The lowest BCUT2D eigenvalue weighted by Crippen LogP contribution is -2.02. The lowest BCUT2D eigenvalue weighted by molar-refractivity contribution is 0.103. The third-order valence-electron chi connectivity index (χ3n) is 2.64. The van der Waals surface area contributed by atoms with E-state index < -0.39 is 5.82 Å². The minimum atomic E-state index is -0.548. The molecule has 0 saturated heterocycles. The number of hydrogen-bond donors (Lipinski definition) is 0. The zero-order valence-corrected chi connectivity index (χ0v) is 11.1. The molecule has 0 atom stereocenters. The summed E-state index contributed by atoms with van der Waals surface area (Å²) < 4.78 is 18.3. The number of hydrogen-bond acceptors (Lipinski definition) is 4. The molecule has 0 bridgehead atoms. The number of nitrogens with zero attached hydrogens (tertiary/aromatic N) is 1. The van der Waals surface area contributed by atoms with Gasteiger partial charge in [-0.1, -0.05) is 0 Å². The van der Waals surface area contributed by atoms with E-state index in [4.69, 9.17) is 4.74 Å². The molecule has 0 N–H and O–H groups in total. The molecule has 0 radical (unpaired) electrons. The molecule has 0 aliphatic heterocycles. The van der Waals surface area contributed by atoms with Crippen LogP contribution in [0.15, 0.2) is 18.2 Å². The van der Waals surface area contributed by atoms with Crippen LogP contribution >= 0.6 is 11.3 Å². The molecule has 2 rings (SSSR count). The van der Waals surface area contributed by atoms with Gasteiger partial charge in [0, 0.05) is 10.4 Å². The van der Waals surface area contributed by atoms with Crippen molar-refractivity contribution < 1.29 is 13.9 Å². The van der Waals surface area contributed by atoms with Crippen molar-refractivity contribution in [3.63, 3.8) is 0 Å². The van der Waals surface area contributed by atoms with E-state index in [1.807, 2.05) is 13.8 Å². The SMILES string of the molecule is COc1ccc(C(=O)c2nc(C)c(C)s2)cc1F.